The highest BCUT2D eigenvalue weighted by Gasteiger charge is 1.85. The molecule has 0 radical (unpaired) electrons. The first-order valence-electron chi connectivity index (χ1n) is 5.20. The van der Waals surface area contributed by atoms with Crippen LogP contribution in [0.1, 0.15) is 58.8 Å². The molecule has 13 heavy (non-hydrogen) atoms. The lowest BCUT2D eigenvalue weighted by Gasteiger charge is -1.93. The van der Waals surface area contributed by atoms with Crippen LogP contribution in [0, 0.1) is 0 Å². The molecular formula is C11H22O2. The van der Waals surface area contributed by atoms with Gasteiger partial charge in [0.2, 0.25) is 0 Å². The monoisotopic (exact) mass is 186 g/mol. The van der Waals surface area contributed by atoms with Crippen molar-refractivity contribution in [1.82, 2.24) is 0 Å². The minimum absolute atomic E-state index is 0.639. The molecular weight excluding hydrogens is 164 g/mol. The summed E-state index contributed by atoms with van der Waals surface area (Å²) in [5.74, 6) is 0. The van der Waals surface area contributed by atoms with Crippen LogP contribution < -0.4 is 0 Å². The number of hydrogen-bond acceptors (Lipinski definition) is 2. The molecule has 0 aliphatic carbocycles. The van der Waals surface area contributed by atoms with E-state index in [4.69, 9.17) is 0 Å². The Labute approximate surface area is 81.7 Å². The second kappa shape index (κ2) is 17.4. The fraction of sp³-hybridized carbons (Fsp3) is 0.818. The van der Waals surface area contributed by atoms with Crippen molar-refractivity contribution < 1.29 is 9.59 Å². The van der Waals surface area contributed by atoms with Gasteiger partial charge in [0.05, 0.1) is 0 Å². The van der Waals surface area contributed by atoms with Crippen LogP contribution in [0.2, 0.25) is 0 Å². The van der Waals surface area contributed by atoms with E-state index in [0.29, 0.717) is 6.42 Å². The average molecular weight is 186 g/mol. The molecule has 0 rings (SSSR count). The lowest BCUT2D eigenvalue weighted by Crippen LogP contribution is -1.78. The van der Waals surface area contributed by atoms with E-state index in [2.05, 4.69) is 6.92 Å². The van der Waals surface area contributed by atoms with Gasteiger partial charge in [-0.15, -0.1) is 0 Å². The Hall–Kier alpha value is -0.660. The van der Waals surface area contributed by atoms with Gasteiger partial charge in [0.25, 0.3) is 0 Å². The van der Waals surface area contributed by atoms with E-state index >= 15 is 0 Å². The zero-order valence-corrected chi connectivity index (χ0v) is 8.92. The first-order chi connectivity index (χ1) is 6.33. The van der Waals surface area contributed by atoms with Crippen molar-refractivity contribution in [3.63, 3.8) is 0 Å². The molecule has 0 fully saturated rings. The second-order valence-electron chi connectivity index (χ2n) is 2.94. The van der Waals surface area contributed by atoms with Gasteiger partial charge in [0.15, 0.2) is 0 Å². The zero-order chi connectivity index (χ0) is 10.4. The third-order valence-corrected chi connectivity index (χ3v) is 1.59. The lowest BCUT2D eigenvalue weighted by atomic mass is 10.1. The number of aldehydes is 2. The van der Waals surface area contributed by atoms with Crippen molar-refractivity contribution in [2.24, 2.45) is 0 Å². The van der Waals surface area contributed by atoms with Crippen LogP contribution in [0.25, 0.3) is 0 Å². The summed E-state index contributed by atoms with van der Waals surface area (Å²) in [6.45, 7) is 4.01. The van der Waals surface area contributed by atoms with E-state index in [9.17, 15) is 9.59 Å². The van der Waals surface area contributed by atoms with Crippen molar-refractivity contribution in [3.05, 3.63) is 0 Å². The van der Waals surface area contributed by atoms with E-state index in [1.165, 1.54) is 25.7 Å². The third kappa shape index (κ3) is 24.6. The molecule has 0 heterocycles. The topological polar surface area (TPSA) is 34.1 Å². The number of hydrogen-bond donors (Lipinski definition) is 0. The number of unbranched alkanes of at least 4 members (excludes halogenated alkanes) is 5. The van der Waals surface area contributed by atoms with Crippen molar-refractivity contribution in [2.45, 2.75) is 58.8 Å². The summed E-state index contributed by atoms with van der Waals surface area (Å²) in [7, 11) is 0. The van der Waals surface area contributed by atoms with Crippen LogP contribution in [-0.4, -0.2) is 12.6 Å². The smallest absolute Gasteiger partial charge is 0.119 e. The molecule has 0 aliphatic rings. The van der Waals surface area contributed by atoms with Gasteiger partial charge in [0.1, 0.15) is 12.6 Å². The van der Waals surface area contributed by atoms with Gasteiger partial charge in [-0.3, -0.25) is 0 Å². The summed E-state index contributed by atoms with van der Waals surface area (Å²) >= 11 is 0. The normalized spacial score (nSPS) is 8.46. The molecule has 0 aromatic rings. The Kier molecular flexibility index (Phi) is 19.9. The maximum absolute atomic E-state index is 9.84. The predicted molar refractivity (Wildman–Crippen MR) is 55.8 cm³/mol. The van der Waals surface area contributed by atoms with Crippen LogP contribution in [-0.2, 0) is 9.59 Å². The lowest BCUT2D eigenvalue weighted by molar-refractivity contribution is -0.108. The van der Waals surface area contributed by atoms with Gasteiger partial charge in [-0.1, -0.05) is 39.5 Å². The Bertz CT molecular complexity index is 100. The molecule has 0 aromatic carbocycles. The predicted octanol–water partition coefficient (Wildman–Crippen LogP) is 3.14. The van der Waals surface area contributed by atoms with Gasteiger partial charge < -0.3 is 9.59 Å². The fourth-order valence-corrected chi connectivity index (χ4v) is 0.831. The molecule has 2 nitrogen and oxygen atoms in total. The van der Waals surface area contributed by atoms with E-state index in [1.807, 2.05) is 6.92 Å². The number of carbonyl (C=O) groups excluding carboxylic acids is 2. The van der Waals surface area contributed by atoms with Crippen molar-refractivity contribution in [3.8, 4) is 0 Å². The fourth-order valence-electron chi connectivity index (χ4n) is 0.831. The molecule has 0 N–H and O–H groups in total. The molecule has 0 amide bonds. The minimum Gasteiger partial charge on any atom is -0.303 e. The van der Waals surface area contributed by atoms with Crippen molar-refractivity contribution >= 4 is 12.6 Å². The quantitative estimate of drug-likeness (QED) is 0.452. The average Bonchev–Trinajstić information content (AvgIpc) is 2.18. The summed E-state index contributed by atoms with van der Waals surface area (Å²) in [6.07, 6.45) is 9.48. The van der Waals surface area contributed by atoms with Gasteiger partial charge in [-0.2, -0.15) is 0 Å². The maximum Gasteiger partial charge on any atom is 0.119 e. The van der Waals surface area contributed by atoms with Crippen LogP contribution in [0.3, 0.4) is 0 Å². The molecule has 0 atom stereocenters. The molecule has 0 aromatic heterocycles. The molecule has 0 unspecified atom stereocenters. The first-order valence-corrected chi connectivity index (χ1v) is 5.20. The first kappa shape index (κ1) is 14.8. The molecule has 0 saturated carbocycles. The molecule has 78 valence electrons. The Balaban J connectivity index is 0. The van der Waals surface area contributed by atoms with E-state index < -0.39 is 0 Å². The Morgan fingerprint density at radius 1 is 0.846 bits per heavy atom. The number of carbonyl (C=O) groups is 2. The summed E-state index contributed by atoms with van der Waals surface area (Å²) in [5.41, 5.74) is 0. The summed E-state index contributed by atoms with van der Waals surface area (Å²) in [6, 6.07) is 0. The Morgan fingerprint density at radius 2 is 1.38 bits per heavy atom. The van der Waals surface area contributed by atoms with Crippen LogP contribution in [0.5, 0.6) is 0 Å². The van der Waals surface area contributed by atoms with Gasteiger partial charge >= 0.3 is 0 Å². The van der Waals surface area contributed by atoms with Crippen LogP contribution in [0.4, 0.5) is 0 Å². The largest absolute Gasteiger partial charge is 0.303 e. The molecule has 0 bridgehead atoms. The molecule has 0 spiro atoms. The van der Waals surface area contributed by atoms with Crippen LogP contribution in [0.15, 0.2) is 0 Å². The highest BCUT2D eigenvalue weighted by molar-refractivity contribution is 5.48. The molecule has 0 saturated heterocycles. The summed E-state index contributed by atoms with van der Waals surface area (Å²) in [4.78, 5) is 19.0. The van der Waals surface area contributed by atoms with E-state index in [0.717, 1.165) is 25.4 Å². The highest BCUT2D eigenvalue weighted by Crippen LogP contribution is 2.02. The highest BCUT2D eigenvalue weighted by atomic mass is 16.1. The SMILES string of the molecule is CCC=O.CCCCCCCC=O. The number of rotatable bonds is 7. The van der Waals surface area contributed by atoms with Gasteiger partial charge in [-0.25, -0.2) is 0 Å². The van der Waals surface area contributed by atoms with Crippen molar-refractivity contribution in [1.29, 1.82) is 0 Å². The molecule has 0 aliphatic heterocycles. The second-order valence-corrected chi connectivity index (χ2v) is 2.94. The third-order valence-electron chi connectivity index (χ3n) is 1.59. The molecule has 2 heteroatoms. The summed E-state index contributed by atoms with van der Waals surface area (Å²) in [5, 5.41) is 0. The van der Waals surface area contributed by atoms with Gasteiger partial charge in [-0.05, 0) is 6.42 Å². The minimum atomic E-state index is 0.639. The van der Waals surface area contributed by atoms with Crippen molar-refractivity contribution in [2.75, 3.05) is 0 Å². The van der Waals surface area contributed by atoms with E-state index in [-0.39, 0.29) is 0 Å². The Morgan fingerprint density at radius 3 is 1.77 bits per heavy atom. The van der Waals surface area contributed by atoms with Gasteiger partial charge in [0, 0.05) is 12.8 Å². The van der Waals surface area contributed by atoms with Crippen LogP contribution >= 0.6 is 0 Å². The standard InChI is InChI=1S/C8H16O.C3H6O/c1-2-3-4-5-6-7-8-9;1-2-3-4/h8H,2-7H2,1H3;3H,2H2,1H3. The maximum atomic E-state index is 9.84. The van der Waals surface area contributed by atoms with E-state index in [1.54, 1.807) is 0 Å². The summed E-state index contributed by atoms with van der Waals surface area (Å²) < 4.78 is 0. The zero-order valence-electron chi connectivity index (χ0n) is 8.92.